The Kier molecular flexibility index (Phi) is 9.73. The van der Waals surface area contributed by atoms with Gasteiger partial charge >= 0.3 is 0 Å². The number of rotatable bonds is 10. The van der Waals surface area contributed by atoms with Crippen LogP contribution in [0.5, 0.6) is 0 Å². The SMILES string of the molecule is C=C(C/C=C(\C=O)CC)N(C)C/C(C)=C\C(CC)NC. The molecule has 1 unspecified atom stereocenters. The molecule has 1 N–H and O–H groups in total. The van der Waals surface area contributed by atoms with Crippen LogP contribution in [0.2, 0.25) is 0 Å². The predicted octanol–water partition coefficient (Wildman–Crippen LogP) is 3.30. The van der Waals surface area contributed by atoms with Crippen LogP contribution in [0.1, 0.15) is 40.0 Å². The largest absolute Gasteiger partial charge is 0.374 e. The molecule has 20 heavy (non-hydrogen) atoms. The van der Waals surface area contributed by atoms with E-state index in [1.807, 2.05) is 27.1 Å². The van der Waals surface area contributed by atoms with Gasteiger partial charge in [-0.1, -0.05) is 38.2 Å². The fourth-order valence-corrected chi connectivity index (χ4v) is 1.97. The van der Waals surface area contributed by atoms with E-state index in [-0.39, 0.29) is 0 Å². The van der Waals surface area contributed by atoms with Crippen molar-refractivity contribution in [3.05, 3.63) is 35.6 Å². The first-order chi connectivity index (χ1) is 9.48. The molecule has 0 bridgehead atoms. The van der Waals surface area contributed by atoms with Gasteiger partial charge in [-0.3, -0.25) is 4.79 Å². The van der Waals surface area contributed by atoms with Gasteiger partial charge in [0.1, 0.15) is 6.29 Å². The predicted molar refractivity (Wildman–Crippen MR) is 87.7 cm³/mol. The number of allylic oxidation sites excluding steroid dienone is 2. The van der Waals surface area contributed by atoms with E-state index >= 15 is 0 Å². The molecule has 0 aromatic rings. The van der Waals surface area contributed by atoms with Crippen molar-refractivity contribution in [1.82, 2.24) is 10.2 Å². The summed E-state index contributed by atoms with van der Waals surface area (Å²) in [5.74, 6) is 0. The Morgan fingerprint density at radius 3 is 2.50 bits per heavy atom. The minimum absolute atomic E-state index is 0.429. The summed E-state index contributed by atoms with van der Waals surface area (Å²) in [6.07, 6.45) is 7.75. The number of hydrogen-bond acceptors (Lipinski definition) is 3. The number of hydrogen-bond donors (Lipinski definition) is 1. The molecule has 114 valence electrons. The molecule has 1 atom stereocenters. The second-order valence-electron chi connectivity index (χ2n) is 5.19. The third kappa shape index (κ3) is 7.29. The molecule has 3 nitrogen and oxygen atoms in total. The highest BCUT2D eigenvalue weighted by molar-refractivity contribution is 5.72. The van der Waals surface area contributed by atoms with E-state index in [0.717, 1.165) is 43.4 Å². The zero-order chi connectivity index (χ0) is 15.5. The van der Waals surface area contributed by atoms with Gasteiger partial charge in [-0.15, -0.1) is 0 Å². The van der Waals surface area contributed by atoms with Crippen LogP contribution in [0.15, 0.2) is 35.6 Å². The zero-order valence-corrected chi connectivity index (χ0v) is 13.7. The van der Waals surface area contributed by atoms with E-state index in [1.165, 1.54) is 5.57 Å². The topological polar surface area (TPSA) is 32.3 Å². The maximum absolute atomic E-state index is 10.8. The molecule has 0 aliphatic carbocycles. The highest BCUT2D eigenvalue weighted by atomic mass is 16.1. The lowest BCUT2D eigenvalue weighted by Gasteiger charge is -2.22. The van der Waals surface area contributed by atoms with Crippen LogP contribution in [-0.4, -0.2) is 37.9 Å². The Bertz CT molecular complexity index is 365. The molecule has 0 radical (unpaired) electrons. The molecular formula is C17H30N2O. The Labute approximate surface area is 124 Å². The first-order valence-electron chi connectivity index (χ1n) is 7.36. The van der Waals surface area contributed by atoms with Crippen LogP contribution in [0.25, 0.3) is 0 Å². The van der Waals surface area contributed by atoms with Crippen molar-refractivity contribution < 1.29 is 4.79 Å². The highest BCUT2D eigenvalue weighted by Gasteiger charge is 2.04. The van der Waals surface area contributed by atoms with E-state index < -0.39 is 0 Å². The van der Waals surface area contributed by atoms with E-state index in [0.29, 0.717) is 6.04 Å². The van der Waals surface area contributed by atoms with Gasteiger partial charge in [0.25, 0.3) is 0 Å². The lowest BCUT2D eigenvalue weighted by molar-refractivity contribution is -0.105. The fourth-order valence-electron chi connectivity index (χ4n) is 1.97. The van der Waals surface area contributed by atoms with Gasteiger partial charge in [0.15, 0.2) is 0 Å². The molecule has 0 aromatic heterocycles. The summed E-state index contributed by atoms with van der Waals surface area (Å²) in [5, 5.41) is 3.27. The minimum atomic E-state index is 0.429. The Morgan fingerprint density at radius 1 is 1.40 bits per heavy atom. The molecular weight excluding hydrogens is 248 g/mol. The molecule has 0 amide bonds. The summed E-state index contributed by atoms with van der Waals surface area (Å²) in [6, 6.07) is 0.429. The van der Waals surface area contributed by atoms with Gasteiger partial charge in [-0.05, 0) is 32.4 Å². The van der Waals surface area contributed by atoms with Crippen LogP contribution < -0.4 is 5.32 Å². The summed E-state index contributed by atoms with van der Waals surface area (Å²) < 4.78 is 0. The summed E-state index contributed by atoms with van der Waals surface area (Å²) in [7, 11) is 4.03. The third-order valence-corrected chi connectivity index (χ3v) is 3.48. The molecule has 0 aliphatic heterocycles. The maximum atomic E-state index is 10.8. The number of nitrogens with zero attached hydrogens (tertiary/aromatic N) is 1. The zero-order valence-electron chi connectivity index (χ0n) is 13.7. The molecule has 0 rings (SSSR count). The van der Waals surface area contributed by atoms with Crippen LogP contribution >= 0.6 is 0 Å². The minimum Gasteiger partial charge on any atom is -0.374 e. The number of carbonyl (C=O) groups excluding carboxylic acids is 1. The molecule has 0 saturated heterocycles. The summed E-state index contributed by atoms with van der Waals surface area (Å²) in [6.45, 7) is 11.3. The van der Waals surface area contributed by atoms with Crippen molar-refractivity contribution >= 4 is 6.29 Å². The van der Waals surface area contributed by atoms with Crippen molar-refractivity contribution in [3.63, 3.8) is 0 Å². The molecule has 0 heterocycles. The number of nitrogens with one attached hydrogen (secondary N) is 1. The molecule has 0 spiro atoms. The van der Waals surface area contributed by atoms with E-state index in [1.54, 1.807) is 0 Å². The van der Waals surface area contributed by atoms with Crippen molar-refractivity contribution in [1.29, 1.82) is 0 Å². The molecule has 3 heteroatoms. The first-order valence-corrected chi connectivity index (χ1v) is 7.36. The monoisotopic (exact) mass is 278 g/mol. The Hall–Kier alpha value is -1.35. The quantitative estimate of drug-likeness (QED) is 0.378. The first kappa shape index (κ1) is 18.7. The lowest BCUT2D eigenvalue weighted by atomic mass is 10.1. The average Bonchev–Trinajstić information content (AvgIpc) is 2.45. The Morgan fingerprint density at radius 2 is 2.05 bits per heavy atom. The number of aldehydes is 1. The van der Waals surface area contributed by atoms with Crippen LogP contribution in [0.3, 0.4) is 0 Å². The van der Waals surface area contributed by atoms with E-state index in [4.69, 9.17) is 0 Å². The van der Waals surface area contributed by atoms with E-state index in [2.05, 4.69) is 36.7 Å². The van der Waals surface area contributed by atoms with Crippen molar-refractivity contribution in [3.8, 4) is 0 Å². The maximum Gasteiger partial charge on any atom is 0.145 e. The van der Waals surface area contributed by atoms with Crippen molar-refractivity contribution in [2.45, 2.75) is 46.1 Å². The van der Waals surface area contributed by atoms with Crippen molar-refractivity contribution in [2.75, 3.05) is 20.6 Å². The number of likely N-dealkylation sites (N-methyl/N-ethyl adjacent to an activating group) is 2. The molecule has 0 aliphatic rings. The van der Waals surface area contributed by atoms with Gasteiger partial charge < -0.3 is 10.2 Å². The van der Waals surface area contributed by atoms with Crippen LogP contribution in [0, 0.1) is 0 Å². The summed E-state index contributed by atoms with van der Waals surface area (Å²) >= 11 is 0. The normalized spacial score (nSPS) is 14.1. The highest BCUT2D eigenvalue weighted by Crippen LogP contribution is 2.11. The smallest absolute Gasteiger partial charge is 0.145 e. The summed E-state index contributed by atoms with van der Waals surface area (Å²) in [5.41, 5.74) is 3.20. The lowest BCUT2D eigenvalue weighted by Crippen LogP contribution is -2.24. The standard InChI is InChI=1S/C17H30N2O/c1-7-16(13-20)10-9-15(4)19(6)12-14(3)11-17(8-2)18-5/h10-11,13,17-18H,4,7-9,12H2,1-3,5-6H3/b14-11-,16-10-. The second kappa shape index (κ2) is 10.4. The Balaban J connectivity index is 4.46. The molecule has 0 fully saturated rings. The van der Waals surface area contributed by atoms with Crippen LogP contribution in [0.4, 0.5) is 0 Å². The third-order valence-electron chi connectivity index (χ3n) is 3.48. The number of carbonyl (C=O) groups is 1. The van der Waals surface area contributed by atoms with Gasteiger partial charge in [0.2, 0.25) is 0 Å². The molecule has 0 saturated carbocycles. The summed E-state index contributed by atoms with van der Waals surface area (Å²) in [4.78, 5) is 12.9. The van der Waals surface area contributed by atoms with Gasteiger partial charge in [0, 0.05) is 31.8 Å². The van der Waals surface area contributed by atoms with Gasteiger partial charge in [0.05, 0.1) is 0 Å². The van der Waals surface area contributed by atoms with Gasteiger partial charge in [-0.2, -0.15) is 0 Å². The van der Waals surface area contributed by atoms with Crippen molar-refractivity contribution in [2.24, 2.45) is 0 Å². The fraction of sp³-hybridized carbons (Fsp3) is 0.588. The molecule has 0 aromatic carbocycles. The van der Waals surface area contributed by atoms with E-state index in [9.17, 15) is 4.79 Å². The van der Waals surface area contributed by atoms with Gasteiger partial charge in [-0.25, -0.2) is 0 Å². The van der Waals surface area contributed by atoms with Crippen LogP contribution in [-0.2, 0) is 4.79 Å². The second-order valence-corrected chi connectivity index (χ2v) is 5.19. The average molecular weight is 278 g/mol.